The van der Waals surface area contributed by atoms with Gasteiger partial charge < -0.3 is 14.7 Å². The third-order valence-electron chi connectivity index (χ3n) is 9.85. The van der Waals surface area contributed by atoms with Crippen LogP contribution in [-0.4, -0.2) is 42.1 Å². The van der Waals surface area contributed by atoms with Crippen LogP contribution in [-0.2, 0) is 11.8 Å². The second-order valence-corrected chi connectivity index (χ2v) is 13.9. The lowest BCUT2D eigenvalue weighted by Gasteiger charge is -2.45. The molecule has 1 spiro atoms. The first kappa shape index (κ1) is 28.0. The Bertz CT molecular complexity index is 1280. The number of fused-ring (bicyclic) bond motifs is 4. The zero-order chi connectivity index (χ0) is 27.9. The summed E-state index contributed by atoms with van der Waals surface area (Å²) in [5, 5.41) is 12.3. The lowest BCUT2D eigenvalue weighted by molar-refractivity contribution is 0.0456. The number of hydrogen-bond donors (Lipinski definition) is 2. The molecule has 7 heteroatoms. The molecule has 0 aromatic heterocycles. The first-order valence-corrected chi connectivity index (χ1v) is 16.2. The Hall–Kier alpha value is -2.15. The number of carbonyl (C=O) groups excluding carboxylic acids is 1. The molecule has 4 aliphatic rings. The molecule has 214 valence electrons. The molecule has 0 unspecified atom stereocenters. The van der Waals surface area contributed by atoms with Crippen molar-refractivity contribution in [2.24, 2.45) is 17.8 Å². The Morgan fingerprint density at radius 1 is 1.23 bits per heavy atom. The first-order valence-electron chi connectivity index (χ1n) is 15.0. The predicted molar refractivity (Wildman–Crippen MR) is 164 cm³/mol. The molecule has 0 radical (unpaired) electrons. The van der Waals surface area contributed by atoms with Crippen molar-refractivity contribution in [2.45, 2.75) is 75.6 Å². The largest absolute Gasteiger partial charge is 0.490 e. The highest BCUT2D eigenvalue weighted by atomic mass is 35.5. The third kappa shape index (κ3) is 5.39. The van der Waals surface area contributed by atoms with E-state index in [4.69, 9.17) is 16.3 Å². The van der Waals surface area contributed by atoms with E-state index in [-0.39, 0.29) is 17.2 Å². The van der Waals surface area contributed by atoms with Gasteiger partial charge >= 0.3 is 0 Å². The van der Waals surface area contributed by atoms with Crippen molar-refractivity contribution in [1.82, 2.24) is 4.72 Å². The summed E-state index contributed by atoms with van der Waals surface area (Å²) >= 11 is 7.93. The van der Waals surface area contributed by atoms with Gasteiger partial charge in [-0.25, -0.2) is 0 Å². The molecule has 0 saturated heterocycles. The minimum Gasteiger partial charge on any atom is -0.490 e. The molecule has 1 saturated carbocycles. The van der Waals surface area contributed by atoms with Gasteiger partial charge in [-0.1, -0.05) is 43.7 Å². The number of aryl methyl sites for hydroxylation is 1. The number of halogens is 1. The molecule has 2 aromatic rings. The van der Waals surface area contributed by atoms with Gasteiger partial charge in [-0.3, -0.25) is 9.52 Å². The van der Waals surface area contributed by atoms with Crippen LogP contribution in [0.25, 0.3) is 0 Å². The summed E-state index contributed by atoms with van der Waals surface area (Å²) in [6.45, 7) is 6.65. The molecule has 6 atom stereocenters. The summed E-state index contributed by atoms with van der Waals surface area (Å²) in [6, 6.07) is 12.2. The van der Waals surface area contributed by atoms with E-state index in [1.165, 1.54) is 23.1 Å². The van der Waals surface area contributed by atoms with Crippen molar-refractivity contribution in [3.63, 3.8) is 0 Å². The zero-order valence-corrected chi connectivity index (χ0v) is 25.1. The fourth-order valence-corrected chi connectivity index (χ4v) is 8.41. The van der Waals surface area contributed by atoms with Crippen LogP contribution in [0.15, 0.2) is 48.6 Å². The second kappa shape index (κ2) is 11.6. The van der Waals surface area contributed by atoms with Crippen LogP contribution in [0.2, 0.25) is 5.02 Å². The summed E-state index contributed by atoms with van der Waals surface area (Å²) < 4.78 is 9.74. The van der Waals surface area contributed by atoms with Crippen LogP contribution >= 0.6 is 23.5 Å². The Morgan fingerprint density at radius 2 is 2.10 bits per heavy atom. The lowest BCUT2D eigenvalue weighted by Crippen LogP contribution is -2.49. The molecule has 2 N–H and O–H groups in total. The Labute approximate surface area is 247 Å². The van der Waals surface area contributed by atoms with Crippen molar-refractivity contribution >= 4 is 35.1 Å². The molecule has 2 aliphatic heterocycles. The van der Waals surface area contributed by atoms with Crippen LogP contribution in [0, 0.1) is 17.8 Å². The molecule has 2 aromatic carbocycles. The van der Waals surface area contributed by atoms with Gasteiger partial charge in [-0.05, 0) is 116 Å². The van der Waals surface area contributed by atoms with Gasteiger partial charge in [0.2, 0.25) is 0 Å². The van der Waals surface area contributed by atoms with E-state index < -0.39 is 6.10 Å². The number of ether oxygens (including phenoxy) is 1. The van der Waals surface area contributed by atoms with Crippen molar-refractivity contribution < 1.29 is 14.6 Å². The van der Waals surface area contributed by atoms with Crippen LogP contribution in [0.4, 0.5) is 5.69 Å². The number of hydrogen-bond acceptors (Lipinski definition) is 5. The van der Waals surface area contributed by atoms with E-state index in [0.29, 0.717) is 29.3 Å². The van der Waals surface area contributed by atoms with Gasteiger partial charge in [0.1, 0.15) is 5.75 Å². The lowest BCUT2D eigenvalue weighted by atomic mass is 9.68. The fourth-order valence-electron chi connectivity index (χ4n) is 7.33. The molecular formula is C33H41ClN2O3S. The van der Waals surface area contributed by atoms with Crippen molar-refractivity contribution in [3.05, 3.63) is 70.3 Å². The molecule has 40 heavy (non-hydrogen) atoms. The maximum atomic E-state index is 13.4. The van der Waals surface area contributed by atoms with Crippen molar-refractivity contribution in [3.8, 4) is 5.75 Å². The maximum absolute atomic E-state index is 13.4. The number of anilines is 1. The molecule has 2 aliphatic carbocycles. The van der Waals surface area contributed by atoms with Crippen LogP contribution < -0.4 is 14.4 Å². The van der Waals surface area contributed by atoms with Crippen molar-refractivity contribution in [1.29, 1.82) is 0 Å². The van der Waals surface area contributed by atoms with Crippen LogP contribution in [0.3, 0.4) is 0 Å². The topological polar surface area (TPSA) is 61.8 Å². The Kier molecular flexibility index (Phi) is 8.13. The van der Waals surface area contributed by atoms with Crippen molar-refractivity contribution in [2.75, 3.05) is 24.6 Å². The minimum absolute atomic E-state index is 0.0606. The average molecular weight is 581 g/mol. The number of benzene rings is 2. The normalized spacial score (nSPS) is 33.0. The fraction of sp³-hybridized carbons (Fsp3) is 0.545. The quantitative estimate of drug-likeness (QED) is 0.282. The number of aliphatic hydroxyl groups excluding tert-OH is 1. The second-order valence-electron chi connectivity index (χ2n) is 12.4. The number of amides is 1. The smallest absolute Gasteiger partial charge is 0.261 e. The number of nitrogens with zero attached hydrogens (tertiary/aromatic N) is 1. The van der Waals surface area contributed by atoms with Gasteiger partial charge in [0, 0.05) is 34.3 Å². The van der Waals surface area contributed by atoms with E-state index >= 15 is 0 Å². The third-order valence-corrected chi connectivity index (χ3v) is 11.5. The minimum atomic E-state index is -0.424. The van der Waals surface area contributed by atoms with Crippen LogP contribution in [0.5, 0.6) is 5.75 Å². The van der Waals surface area contributed by atoms with Gasteiger partial charge in [0.25, 0.3) is 5.91 Å². The number of nitrogens with one attached hydrogen (secondary N) is 1. The SMILES string of the molecule is CC[C@H]1SNC(=O)c2ccc3c(c2)N(C[C@@H]2CC[C@H]2[C@@H](O)/C=C/C[C@@H]1C)C[C@@]1(CCCc2cc(Cl)ccc21)CO3. The van der Waals surface area contributed by atoms with E-state index in [2.05, 4.69) is 41.7 Å². The van der Waals surface area contributed by atoms with Gasteiger partial charge in [0.15, 0.2) is 0 Å². The van der Waals surface area contributed by atoms with E-state index in [0.717, 1.165) is 74.5 Å². The number of carbonyl (C=O) groups is 1. The number of aliphatic hydroxyl groups is 1. The zero-order valence-electron chi connectivity index (χ0n) is 23.6. The van der Waals surface area contributed by atoms with Gasteiger partial charge in [0.05, 0.1) is 18.4 Å². The average Bonchev–Trinajstić information content (AvgIpc) is 3.07. The molecule has 2 bridgehead atoms. The highest BCUT2D eigenvalue weighted by Gasteiger charge is 2.44. The Balaban J connectivity index is 1.39. The van der Waals surface area contributed by atoms with Gasteiger partial charge in [-0.15, -0.1) is 0 Å². The van der Waals surface area contributed by atoms with E-state index in [1.807, 2.05) is 30.3 Å². The van der Waals surface area contributed by atoms with E-state index in [9.17, 15) is 9.90 Å². The maximum Gasteiger partial charge on any atom is 0.261 e. The number of allylic oxidation sites excluding steroid dienone is 1. The Morgan fingerprint density at radius 3 is 2.90 bits per heavy atom. The molecule has 6 rings (SSSR count). The molecular weight excluding hydrogens is 540 g/mol. The molecule has 5 nitrogen and oxygen atoms in total. The van der Waals surface area contributed by atoms with Crippen LogP contribution in [0.1, 0.15) is 73.9 Å². The standard InChI is InChI=1S/C33H41ClN2O3S/c1-3-31-21(2)6-4-8-29(37)26-12-9-24(26)18-36-19-33(15-5-7-22-16-25(34)11-13-27(22)33)20-39-30-14-10-23(17-28(30)36)32(38)35-40-31/h4,8,10-11,13-14,16-17,21,24,26,29,31,37H,3,5-7,9,12,15,18-20H2,1-2H3,(H,35,38)/b8-4+/t21-,24-,26+,29-,31+,33-/m0/s1. The van der Waals surface area contributed by atoms with E-state index in [1.54, 1.807) is 0 Å². The molecule has 1 fully saturated rings. The summed E-state index contributed by atoms with van der Waals surface area (Å²) in [5.74, 6) is 1.81. The highest BCUT2D eigenvalue weighted by molar-refractivity contribution is 7.98. The predicted octanol–water partition coefficient (Wildman–Crippen LogP) is 6.95. The highest BCUT2D eigenvalue weighted by Crippen LogP contribution is 2.46. The number of rotatable bonds is 1. The molecule has 1 amide bonds. The monoisotopic (exact) mass is 580 g/mol. The summed E-state index contributed by atoms with van der Waals surface area (Å²) in [7, 11) is 0. The van der Waals surface area contributed by atoms with Gasteiger partial charge in [-0.2, -0.15) is 0 Å². The summed E-state index contributed by atoms with van der Waals surface area (Å²) in [6.07, 6.45) is 10.9. The summed E-state index contributed by atoms with van der Waals surface area (Å²) in [5.41, 5.74) is 4.15. The molecule has 2 heterocycles. The summed E-state index contributed by atoms with van der Waals surface area (Å²) in [4.78, 5) is 15.8. The first-order chi connectivity index (χ1) is 19.4.